The number of nitrogens with one attached hydrogen (secondary N) is 1. The van der Waals surface area contributed by atoms with Gasteiger partial charge in [-0.25, -0.2) is 0 Å². The number of methoxy groups -OCH3 is 2. The molecule has 0 heterocycles. The maximum absolute atomic E-state index is 12.2. The molecule has 2 rings (SSSR count). The Morgan fingerprint density at radius 3 is 2.30 bits per heavy atom. The van der Waals surface area contributed by atoms with E-state index in [2.05, 4.69) is 5.32 Å². The second-order valence-corrected chi connectivity index (χ2v) is 6.14. The van der Waals surface area contributed by atoms with Crippen LogP contribution in [0.25, 0.3) is 0 Å². The maximum Gasteiger partial charge on any atom is 0.226 e. The first-order valence-corrected chi connectivity index (χ1v) is 8.84. The van der Waals surface area contributed by atoms with Crippen LogP contribution in [-0.4, -0.2) is 44.0 Å². The maximum atomic E-state index is 12.2. The van der Waals surface area contributed by atoms with Crippen LogP contribution in [-0.2, 0) is 16.0 Å². The van der Waals surface area contributed by atoms with Crippen molar-refractivity contribution in [2.24, 2.45) is 0 Å². The average Bonchev–Trinajstić information content (AvgIpc) is 2.68. The van der Waals surface area contributed by atoms with Crippen LogP contribution in [0.1, 0.15) is 18.9 Å². The average molecular weight is 370 g/mol. The van der Waals surface area contributed by atoms with Crippen molar-refractivity contribution in [3.63, 3.8) is 0 Å². The lowest BCUT2D eigenvalue weighted by Gasteiger charge is -2.21. The van der Waals surface area contributed by atoms with Gasteiger partial charge in [0.2, 0.25) is 11.8 Å². The van der Waals surface area contributed by atoms with Crippen LogP contribution in [0.2, 0.25) is 0 Å². The summed E-state index contributed by atoms with van der Waals surface area (Å²) in [6.45, 7) is 2.44. The van der Waals surface area contributed by atoms with Crippen molar-refractivity contribution in [3.05, 3.63) is 54.1 Å². The van der Waals surface area contributed by atoms with E-state index < -0.39 is 0 Å². The highest BCUT2D eigenvalue weighted by molar-refractivity contribution is 5.91. The molecule has 0 spiro atoms. The molecule has 144 valence electrons. The molecule has 1 N–H and O–H groups in total. The van der Waals surface area contributed by atoms with Crippen molar-refractivity contribution in [3.8, 4) is 11.5 Å². The molecule has 0 fully saturated rings. The van der Waals surface area contributed by atoms with Crippen LogP contribution in [0.3, 0.4) is 0 Å². The van der Waals surface area contributed by atoms with E-state index in [1.807, 2.05) is 36.4 Å². The summed E-state index contributed by atoms with van der Waals surface area (Å²) in [5.41, 5.74) is 1.76. The molecule has 0 radical (unpaired) electrons. The number of amides is 2. The molecule has 27 heavy (non-hydrogen) atoms. The van der Waals surface area contributed by atoms with Gasteiger partial charge in [-0.3, -0.25) is 9.59 Å². The van der Waals surface area contributed by atoms with E-state index >= 15 is 0 Å². The van der Waals surface area contributed by atoms with Crippen LogP contribution in [0.4, 0.5) is 5.69 Å². The van der Waals surface area contributed by atoms with E-state index in [-0.39, 0.29) is 18.2 Å². The number of rotatable bonds is 9. The largest absolute Gasteiger partial charge is 0.497 e. The molecular formula is C21H26N2O4. The third-order valence-corrected chi connectivity index (χ3v) is 4.21. The van der Waals surface area contributed by atoms with Gasteiger partial charge in [0.15, 0.2) is 0 Å². The van der Waals surface area contributed by atoms with Crippen molar-refractivity contribution in [2.75, 3.05) is 32.6 Å². The zero-order chi connectivity index (χ0) is 19.6. The number of nitrogens with zero attached hydrogens (tertiary/aromatic N) is 1. The van der Waals surface area contributed by atoms with E-state index in [4.69, 9.17) is 9.47 Å². The third-order valence-electron chi connectivity index (χ3n) is 4.21. The van der Waals surface area contributed by atoms with Gasteiger partial charge in [0.05, 0.1) is 14.2 Å². The van der Waals surface area contributed by atoms with E-state index in [0.29, 0.717) is 30.9 Å². The molecular weight excluding hydrogens is 344 g/mol. The summed E-state index contributed by atoms with van der Waals surface area (Å²) < 4.78 is 10.4. The lowest BCUT2D eigenvalue weighted by Crippen LogP contribution is -2.33. The molecule has 0 aliphatic heterocycles. The molecule has 0 atom stereocenters. The number of carbonyl (C=O) groups excluding carboxylic acids is 2. The van der Waals surface area contributed by atoms with Gasteiger partial charge in [-0.2, -0.15) is 0 Å². The lowest BCUT2D eigenvalue weighted by molar-refractivity contribution is -0.129. The molecule has 2 aromatic rings. The summed E-state index contributed by atoms with van der Waals surface area (Å²) in [6.07, 6.45) is 0.934. The van der Waals surface area contributed by atoms with Gasteiger partial charge in [-0.15, -0.1) is 0 Å². The van der Waals surface area contributed by atoms with Crippen molar-refractivity contribution >= 4 is 17.5 Å². The number of benzene rings is 2. The number of hydrogen-bond acceptors (Lipinski definition) is 4. The Labute approximate surface area is 160 Å². The van der Waals surface area contributed by atoms with Gasteiger partial charge in [0, 0.05) is 38.2 Å². The van der Waals surface area contributed by atoms with E-state index in [9.17, 15) is 9.59 Å². The SMILES string of the molecule is COc1cccc(CCN(CCC(=O)Nc2cccc(OC)c2)C(C)=O)c1. The van der Waals surface area contributed by atoms with E-state index in [1.165, 1.54) is 6.92 Å². The first kappa shape index (κ1) is 20.3. The Morgan fingerprint density at radius 1 is 0.963 bits per heavy atom. The molecule has 6 nitrogen and oxygen atoms in total. The van der Waals surface area contributed by atoms with Crippen LogP contribution in [0.5, 0.6) is 11.5 Å². The first-order chi connectivity index (χ1) is 13.0. The minimum absolute atomic E-state index is 0.0490. The molecule has 2 amide bonds. The van der Waals surface area contributed by atoms with E-state index in [0.717, 1.165) is 11.3 Å². The molecule has 0 unspecified atom stereocenters. The molecule has 2 aromatic carbocycles. The fourth-order valence-corrected chi connectivity index (χ4v) is 2.68. The third kappa shape index (κ3) is 6.66. The minimum atomic E-state index is -0.143. The summed E-state index contributed by atoms with van der Waals surface area (Å²) in [6, 6.07) is 14.9. The molecule has 0 aliphatic rings. The molecule has 0 saturated heterocycles. The van der Waals surface area contributed by atoms with Crippen molar-refractivity contribution in [1.29, 1.82) is 0 Å². The summed E-state index contributed by atoms with van der Waals surface area (Å²) in [7, 11) is 3.20. The lowest BCUT2D eigenvalue weighted by atomic mass is 10.1. The van der Waals surface area contributed by atoms with Crippen LogP contribution < -0.4 is 14.8 Å². The minimum Gasteiger partial charge on any atom is -0.497 e. The van der Waals surface area contributed by atoms with Crippen molar-refractivity contribution < 1.29 is 19.1 Å². The number of ether oxygens (including phenoxy) is 2. The van der Waals surface area contributed by atoms with Crippen molar-refractivity contribution in [2.45, 2.75) is 19.8 Å². The standard InChI is InChI=1S/C21H26N2O4/c1-16(24)23(12-10-17-6-4-8-19(14-17)26-2)13-11-21(25)22-18-7-5-9-20(15-18)27-3/h4-9,14-15H,10-13H2,1-3H3,(H,22,25). The molecule has 0 bridgehead atoms. The summed E-state index contributed by atoms with van der Waals surface area (Å²) in [5.74, 6) is 1.28. The molecule has 0 aromatic heterocycles. The Bertz CT molecular complexity index is 776. The quantitative estimate of drug-likeness (QED) is 0.736. The molecule has 0 saturated carbocycles. The second kappa shape index (κ2) is 10.2. The predicted octanol–water partition coefficient (Wildman–Crippen LogP) is 3.12. The van der Waals surface area contributed by atoms with Gasteiger partial charge in [-0.1, -0.05) is 18.2 Å². The smallest absolute Gasteiger partial charge is 0.226 e. The number of carbonyl (C=O) groups is 2. The highest BCUT2D eigenvalue weighted by Gasteiger charge is 2.12. The highest BCUT2D eigenvalue weighted by Crippen LogP contribution is 2.17. The fraction of sp³-hybridized carbons (Fsp3) is 0.333. The first-order valence-electron chi connectivity index (χ1n) is 8.84. The normalized spacial score (nSPS) is 10.2. The van der Waals surface area contributed by atoms with Gasteiger partial charge >= 0.3 is 0 Å². The van der Waals surface area contributed by atoms with Gasteiger partial charge in [0.25, 0.3) is 0 Å². The Morgan fingerprint density at radius 2 is 1.63 bits per heavy atom. The van der Waals surface area contributed by atoms with Gasteiger partial charge < -0.3 is 19.7 Å². The summed E-state index contributed by atoms with van der Waals surface area (Å²) >= 11 is 0. The zero-order valence-corrected chi connectivity index (χ0v) is 16.0. The zero-order valence-electron chi connectivity index (χ0n) is 16.0. The van der Waals surface area contributed by atoms with Crippen LogP contribution in [0.15, 0.2) is 48.5 Å². The Kier molecular flexibility index (Phi) is 7.67. The Hall–Kier alpha value is -3.02. The predicted molar refractivity (Wildman–Crippen MR) is 105 cm³/mol. The van der Waals surface area contributed by atoms with E-state index in [1.54, 1.807) is 31.3 Å². The topological polar surface area (TPSA) is 67.9 Å². The van der Waals surface area contributed by atoms with Crippen molar-refractivity contribution in [1.82, 2.24) is 4.90 Å². The Balaban J connectivity index is 1.86. The van der Waals surface area contributed by atoms with Gasteiger partial charge in [0.1, 0.15) is 11.5 Å². The number of hydrogen-bond donors (Lipinski definition) is 1. The number of anilines is 1. The monoisotopic (exact) mass is 370 g/mol. The molecule has 6 heteroatoms. The molecule has 0 aliphatic carbocycles. The van der Waals surface area contributed by atoms with Gasteiger partial charge in [-0.05, 0) is 36.2 Å². The summed E-state index contributed by atoms with van der Waals surface area (Å²) in [5, 5.41) is 2.83. The highest BCUT2D eigenvalue weighted by atomic mass is 16.5. The fourth-order valence-electron chi connectivity index (χ4n) is 2.68. The van der Waals surface area contributed by atoms with Crippen LogP contribution in [0, 0.1) is 0 Å². The van der Waals surface area contributed by atoms with Crippen LogP contribution >= 0.6 is 0 Å². The second-order valence-electron chi connectivity index (χ2n) is 6.14. The summed E-state index contributed by atoms with van der Waals surface area (Å²) in [4.78, 5) is 25.8.